The molecular weight excluding hydrogens is 1750 g/mol. The van der Waals surface area contributed by atoms with Crippen LogP contribution in [0.2, 0.25) is 0 Å². The number of aromatic nitrogens is 2. The third-order valence-corrected chi connectivity index (χ3v) is 28.5. The molecule has 9 rings (SSSR count). The molecule has 17 amide bonds. The highest BCUT2D eigenvalue weighted by atomic mass is 16.4. The van der Waals surface area contributed by atoms with Gasteiger partial charge >= 0.3 is 5.97 Å². The minimum Gasteiger partial charge on any atom is -0.480 e. The third-order valence-electron chi connectivity index (χ3n) is 28.5. The van der Waals surface area contributed by atoms with Crippen LogP contribution in [-0.4, -0.2) is 388 Å². The molecule has 7 fully saturated rings. The number of H-pyrrole nitrogens is 1. The van der Waals surface area contributed by atoms with Gasteiger partial charge in [0.2, 0.25) is 94.5 Å². The number of carboxylic acid groups (broad SMARTS) is 1. The molecule has 0 radical (unpaired) electrons. The van der Waals surface area contributed by atoms with Crippen LogP contribution in [0.5, 0.6) is 0 Å². The summed E-state index contributed by atoms with van der Waals surface area (Å²) in [5, 5.41) is 33.9. The van der Waals surface area contributed by atoms with Crippen molar-refractivity contribution in [3.8, 4) is 0 Å². The number of carbonyl (C=O) groups excluding carboxylic acids is 17. The maximum absolute atomic E-state index is 15.9. The lowest BCUT2D eigenvalue weighted by molar-refractivity contribution is -0.157. The van der Waals surface area contributed by atoms with Crippen LogP contribution in [0, 0.1) is 41.4 Å². The molecule has 756 valence electrons. The molecule has 8 heterocycles. The number of fused-ring (bicyclic) bond motifs is 1. The van der Waals surface area contributed by atoms with Crippen molar-refractivity contribution in [2.24, 2.45) is 41.4 Å². The van der Waals surface area contributed by atoms with Crippen molar-refractivity contribution in [2.45, 2.75) is 329 Å². The predicted octanol–water partition coefficient (Wildman–Crippen LogP) is 3.07. The van der Waals surface area contributed by atoms with E-state index in [1.54, 1.807) is 59.7 Å². The topological polar surface area (TPSA) is 467 Å². The standard InChI is InChI=1S/C97H153N19O20/c1-24-62-87(125)104(17)51-76(117)105(18)71(45-52(2)3)83(121)103-77(56(10)11)95(133)106(19)72(46-53(4)5)82(120)98-59(15)81(119)99-60(16)85(123)107(20)73(47-54(6)7)88(126)108(21)74(48-55(8)9)89(127)109(22)78(57(12)13)96(134)110(23)79(84(122)102-62)80(118)58(14)49-75-100-63-38-37-61(50-64(63)101-75)86(124)111-39-25-31-65(111)90(128)112-40-26-32-66(112)91(129)113-41-27-33-67(113)92(130)114-42-28-34-68(114)93(131)115-43-29-35-69(115)94(132)116-44-30-36-70(116)97(135)136/h37-38,50,52-60,62,65-74,77-80,118H,24-36,39-49,51H2,1-23H3,(H,98,120)(H,99,119)(H,100,101)(H,102,122)(H,103,121)(H,135,136)/t58-,59+,60-,62+,65?,66+,67?,68+,69?,70+,71+,72+,73+,74+,77+,78+,79+,80-/m1/s1. The molecule has 0 aliphatic carbocycles. The third kappa shape index (κ3) is 24.8. The van der Waals surface area contributed by atoms with Crippen molar-refractivity contribution in [1.82, 2.24) is 94.9 Å². The molecule has 2 aromatic rings. The van der Waals surface area contributed by atoms with Crippen LogP contribution in [-0.2, 0) is 87.9 Å². The van der Waals surface area contributed by atoms with Gasteiger partial charge in [-0.05, 0) is 183 Å². The fourth-order valence-corrected chi connectivity index (χ4v) is 20.7. The van der Waals surface area contributed by atoms with Crippen molar-refractivity contribution in [3.63, 3.8) is 0 Å². The zero-order valence-electron chi connectivity index (χ0n) is 84.3. The number of likely N-dealkylation sites (N-methyl/N-ethyl adjacent to an activating group) is 7. The zero-order chi connectivity index (χ0) is 101. The zero-order valence-corrected chi connectivity index (χ0v) is 84.3. The quantitative estimate of drug-likeness (QED) is 0.0890. The predicted molar refractivity (Wildman–Crippen MR) is 504 cm³/mol. The Hall–Kier alpha value is -10.9. The molecular formula is C97H153N19O20. The first kappa shape index (κ1) is 109. The van der Waals surface area contributed by atoms with Crippen LogP contribution in [0.25, 0.3) is 11.0 Å². The normalized spacial score (nSPS) is 28.0. The fraction of sp³-hybridized carbons (Fsp3) is 0.742. The van der Waals surface area contributed by atoms with Gasteiger partial charge in [-0.3, -0.25) is 81.5 Å². The second-order valence-electron chi connectivity index (χ2n) is 41.4. The highest BCUT2D eigenvalue weighted by Crippen LogP contribution is 2.36. The molecule has 7 N–H and O–H groups in total. The van der Waals surface area contributed by atoms with E-state index in [2.05, 4.69) is 26.3 Å². The average Bonchev–Trinajstić information content (AvgIpc) is 1.60. The van der Waals surface area contributed by atoms with Crippen LogP contribution in [0.1, 0.15) is 236 Å². The van der Waals surface area contributed by atoms with Gasteiger partial charge in [-0.1, -0.05) is 96.9 Å². The number of nitrogens with one attached hydrogen (secondary N) is 5. The van der Waals surface area contributed by atoms with Gasteiger partial charge in [0.05, 0.1) is 23.7 Å². The van der Waals surface area contributed by atoms with Crippen LogP contribution < -0.4 is 21.3 Å². The number of benzene rings is 1. The number of hydrogen-bond donors (Lipinski definition) is 7. The molecule has 3 unspecified atom stereocenters. The molecule has 1 aromatic carbocycles. The maximum Gasteiger partial charge on any atom is 0.326 e. The molecule has 136 heavy (non-hydrogen) atoms. The molecule has 7 saturated heterocycles. The van der Waals surface area contributed by atoms with Gasteiger partial charge in [-0.25, -0.2) is 9.78 Å². The smallest absolute Gasteiger partial charge is 0.326 e. The second-order valence-corrected chi connectivity index (χ2v) is 41.4. The van der Waals surface area contributed by atoms with E-state index in [1.807, 2.05) is 55.4 Å². The molecule has 1 aromatic heterocycles. The SMILES string of the molecule is CC[C@@H]1NC(=O)[C@H]([C@H](O)[C@H](C)Cc2nc3ccc(C(=O)N4CCCC4C(=O)N4CCC[C@H]4C(=O)N4CCCC4C(=O)N4CCC[C@H]4C(=O)N4CCCC4C(=O)N4CCC[C@H]4C(=O)O)cc3[nH]2)N(C)C(=O)[C@H](C(C)C)N(C)C(=O)[C@H](CC(C)C)N(C)C(=O)[C@H](CC(C)C)N(C)C(=O)[C@@H](C)NC(=O)[C@H](C)NC(=O)[C@H](CC(C)C)N(C)C(=O)[C@H](C(C)C)NC(=O)[C@H](CC(C)C)N(C)C(=O)CN(C)C1=O. The van der Waals surface area contributed by atoms with E-state index in [0.29, 0.717) is 88.1 Å². The van der Waals surface area contributed by atoms with Crippen LogP contribution >= 0.6 is 0 Å². The Morgan fingerprint density at radius 1 is 0.412 bits per heavy atom. The van der Waals surface area contributed by atoms with Crippen LogP contribution in [0.15, 0.2) is 18.2 Å². The Bertz CT molecular complexity index is 4730. The van der Waals surface area contributed by atoms with Crippen molar-refractivity contribution in [2.75, 3.05) is 95.1 Å². The summed E-state index contributed by atoms with van der Waals surface area (Å²) in [5.74, 6) is -14.7. The van der Waals surface area contributed by atoms with Gasteiger partial charge in [0.15, 0.2) is 0 Å². The summed E-state index contributed by atoms with van der Waals surface area (Å²) in [5.41, 5.74) is 0.962. The van der Waals surface area contributed by atoms with E-state index in [9.17, 15) is 72.5 Å². The average molecular weight is 1910 g/mol. The first-order valence-corrected chi connectivity index (χ1v) is 49.2. The summed E-state index contributed by atoms with van der Waals surface area (Å²) < 4.78 is 0. The Morgan fingerprint density at radius 2 is 0.794 bits per heavy atom. The van der Waals surface area contributed by atoms with Gasteiger partial charge in [0.1, 0.15) is 102 Å². The number of carboxylic acids is 1. The number of nitrogens with zero attached hydrogens (tertiary/aromatic N) is 14. The molecule has 0 bridgehead atoms. The summed E-state index contributed by atoms with van der Waals surface area (Å²) in [6, 6.07) is -14.2. The largest absolute Gasteiger partial charge is 0.480 e. The lowest BCUT2D eigenvalue weighted by Gasteiger charge is -2.41. The Morgan fingerprint density at radius 3 is 1.23 bits per heavy atom. The molecule has 0 saturated carbocycles. The van der Waals surface area contributed by atoms with E-state index in [1.165, 1.54) is 117 Å². The number of likely N-dealkylation sites (tertiary alicyclic amines) is 6. The monoisotopic (exact) mass is 1900 g/mol. The molecule has 7 aliphatic heterocycles. The number of amides is 17. The highest BCUT2D eigenvalue weighted by Gasteiger charge is 2.53. The Labute approximate surface area is 800 Å². The summed E-state index contributed by atoms with van der Waals surface area (Å²) in [4.78, 5) is 290. The number of aliphatic hydroxyl groups is 1. The van der Waals surface area contributed by atoms with Gasteiger partial charge in [-0.15, -0.1) is 0 Å². The molecule has 39 nitrogen and oxygen atoms in total. The Kier molecular flexibility index (Phi) is 37.6. The van der Waals surface area contributed by atoms with Crippen LogP contribution in [0.4, 0.5) is 0 Å². The number of rotatable bonds is 22. The van der Waals surface area contributed by atoms with Crippen molar-refractivity contribution in [3.05, 3.63) is 29.6 Å². The molecule has 39 heteroatoms. The summed E-state index contributed by atoms with van der Waals surface area (Å²) >= 11 is 0. The number of aliphatic carboxylic acids is 1. The lowest BCUT2D eigenvalue weighted by atomic mass is 9.91. The number of imidazole rings is 1. The molecule has 7 aliphatic rings. The van der Waals surface area contributed by atoms with E-state index in [-0.39, 0.29) is 125 Å². The van der Waals surface area contributed by atoms with Crippen LogP contribution in [0.3, 0.4) is 0 Å². The first-order valence-electron chi connectivity index (χ1n) is 49.2. The van der Waals surface area contributed by atoms with E-state index in [0.717, 1.165) is 9.80 Å². The number of hydrogen-bond acceptors (Lipinski definition) is 20. The summed E-state index contributed by atoms with van der Waals surface area (Å²) in [6.07, 6.45) is 3.37. The second kappa shape index (κ2) is 47.0. The minimum absolute atomic E-state index is 0.0572. The van der Waals surface area contributed by atoms with Gasteiger partial charge in [0, 0.05) is 101 Å². The maximum atomic E-state index is 15.9. The van der Waals surface area contributed by atoms with Crippen molar-refractivity contribution < 1.29 is 96.5 Å². The minimum atomic E-state index is -1.86. The number of aliphatic hydroxyl groups excluding tert-OH is 1. The summed E-state index contributed by atoms with van der Waals surface area (Å²) in [6.45, 7) is 28.4. The van der Waals surface area contributed by atoms with E-state index in [4.69, 9.17) is 4.98 Å². The molecule has 18 atom stereocenters. The van der Waals surface area contributed by atoms with E-state index < -0.39 is 222 Å². The van der Waals surface area contributed by atoms with Crippen molar-refractivity contribution >= 4 is 117 Å². The number of carbonyl (C=O) groups is 18. The van der Waals surface area contributed by atoms with Gasteiger partial charge < -0.3 is 100 Å². The van der Waals surface area contributed by atoms with Gasteiger partial charge in [-0.2, -0.15) is 0 Å². The number of aromatic amines is 1. The summed E-state index contributed by atoms with van der Waals surface area (Å²) in [7, 11) is 9.65. The molecule has 0 spiro atoms. The van der Waals surface area contributed by atoms with E-state index >= 15 is 24.0 Å². The fourth-order valence-electron chi connectivity index (χ4n) is 20.7. The Balaban J connectivity index is 0.973. The highest BCUT2D eigenvalue weighted by molar-refractivity contribution is 6.04. The van der Waals surface area contributed by atoms with Gasteiger partial charge in [0.25, 0.3) is 5.91 Å². The first-order chi connectivity index (χ1) is 63.9. The lowest BCUT2D eigenvalue weighted by Crippen LogP contribution is -2.63. The van der Waals surface area contributed by atoms with Crippen molar-refractivity contribution in [1.29, 1.82) is 0 Å².